The SMILES string of the molecule is O=C([O-])c1ccccc1.O=C([O-])c1ccccc1.[Zn+2]. The molecule has 0 amide bonds. The van der Waals surface area contributed by atoms with Crippen molar-refractivity contribution in [3.8, 4) is 0 Å². The molecule has 0 aliphatic rings. The molecule has 4 nitrogen and oxygen atoms in total. The Labute approximate surface area is 123 Å². The second-order valence-corrected chi connectivity index (χ2v) is 3.31. The largest absolute Gasteiger partial charge is 2.00 e. The van der Waals surface area contributed by atoms with Crippen molar-refractivity contribution in [1.82, 2.24) is 0 Å². The summed E-state index contributed by atoms with van der Waals surface area (Å²) in [5.41, 5.74) is 0.440. The second-order valence-electron chi connectivity index (χ2n) is 3.31. The molecule has 2 aromatic carbocycles. The maximum Gasteiger partial charge on any atom is 2.00 e. The second kappa shape index (κ2) is 9.00. The van der Waals surface area contributed by atoms with Crippen molar-refractivity contribution in [3.05, 3.63) is 71.8 Å². The first-order valence-electron chi connectivity index (χ1n) is 5.14. The van der Waals surface area contributed by atoms with Crippen LogP contribution in [0.4, 0.5) is 0 Å². The third-order valence-corrected chi connectivity index (χ3v) is 2.02. The van der Waals surface area contributed by atoms with Crippen LogP contribution in [0, 0.1) is 0 Å². The summed E-state index contributed by atoms with van der Waals surface area (Å²) in [7, 11) is 0. The quantitative estimate of drug-likeness (QED) is 0.737. The molecule has 0 radical (unpaired) electrons. The van der Waals surface area contributed by atoms with E-state index >= 15 is 0 Å². The summed E-state index contributed by atoms with van der Waals surface area (Å²) in [4.78, 5) is 20.2. The van der Waals surface area contributed by atoms with Gasteiger partial charge in [-0.05, 0) is 11.1 Å². The Morgan fingerprint density at radius 1 is 0.632 bits per heavy atom. The van der Waals surface area contributed by atoms with Crippen LogP contribution in [-0.4, -0.2) is 11.9 Å². The van der Waals surface area contributed by atoms with Crippen LogP contribution in [0.2, 0.25) is 0 Å². The molecule has 0 aromatic heterocycles. The van der Waals surface area contributed by atoms with Crippen LogP contribution in [0.15, 0.2) is 60.7 Å². The summed E-state index contributed by atoms with van der Waals surface area (Å²) >= 11 is 0. The fourth-order valence-corrected chi connectivity index (χ4v) is 1.15. The van der Waals surface area contributed by atoms with Gasteiger partial charge in [0.25, 0.3) is 0 Å². The number of carboxylic acids is 2. The van der Waals surface area contributed by atoms with Gasteiger partial charge in [-0.3, -0.25) is 0 Å². The fourth-order valence-electron chi connectivity index (χ4n) is 1.15. The van der Waals surface area contributed by atoms with Crippen LogP contribution < -0.4 is 10.2 Å². The maximum atomic E-state index is 10.1. The number of carboxylic acid groups (broad SMARTS) is 2. The molecule has 92 valence electrons. The van der Waals surface area contributed by atoms with E-state index in [9.17, 15) is 19.8 Å². The molecule has 5 heteroatoms. The summed E-state index contributed by atoms with van der Waals surface area (Å²) in [6.07, 6.45) is 0. The molecule has 0 heterocycles. The number of benzene rings is 2. The number of rotatable bonds is 2. The predicted octanol–water partition coefficient (Wildman–Crippen LogP) is 0.0977. The first kappa shape index (κ1) is 17.0. The van der Waals surface area contributed by atoms with Gasteiger partial charge in [-0.25, -0.2) is 0 Å². The minimum absolute atomic E-state index is 0. The molecule has 0 saturated heterocycles. The van der Waals surface area contributed by atoms with E-state index in [-0.39, 0.29) is 30.6 Å². The van der Waals surface area contributed by atoms with E-state index in [1.807, 2.05) is 0 Å². The molecule has 0 unspecified atom stereocenters. The van der Waals surface area contributed by atoms with Crippen molar-refractivity contribution in [1.29, 1.82) is 0 Å². The van der Waals surface area contributed by atoms with Gasteiger partial charge in [-0.2, -0.15) is 0 Å². The number of aromatic carboxylic acids is 2. The van der Waals surface area contributed by atoms with Crippen LogP contribution in [0.5, 0.6) is 0 Å². The van der Waals surface area contributed by atoms with Crippen molar-refractivity contribution in [2.75, 3.05) is 0 Å². The van der Waals surface area contributed by atoms with Gasteiger partial charge in [0.05, 0.1) is 11.9 Å². The number of hydrogen-bond donors (Lipinski definition) is 0. The van der Waals surface area contributed by atoms with E-state index in [2.05, 4.69) is 0 Å². The smallest absolute Gasteiger partial charge is 0.545 e. The van der Waals surface area contributed by atoms with Gasteiger partial charge < -0.3 is 19.8 Å². The first-order chi connectivity index (χ1) is 8.61. The predicted molar refractivity (Wildman–Crippen MR) is 61.5 cm³/mol. The summed E-state index contributed by atoms with van der Waals surface area (Å²) in [5, 5.41) is 20.2. The Morgan fingerprint density at radius 3 is 1.05 bits per heavy atom. The van der Waals surface area contributed by atoms with Gasteiger partial charge in [-0.1, -0.05) is 60.7 Å². The minimum atomic E-state index is -1.13. The van der Waals surface area contributed by atoms with E-state index in [0.29, 0.717) is 0 Å². The molecule has 0 N–H and O–H groups in total. The third-order valence-electron chi connectivity index (χ3n) is 2.02. The summed E-state index contributed by atoms with van der Waals surface area (Å²) in [5.74, 6) is -2.26. The van der Waals surface area contributed by atoms with Crippen molar-refractivity contribution in [2.45, 2.75) is 0 Å². The normalized spacial score (nSPS) is 8.42. The van der Waals surface area contributed by atoms with Gasteiger partial charge in [0.15, 0.2) is 0 Å². The summed E-state index contributed by atoms with van der Waals surface area (Å²) < 4.78 is 0. The van der Waals surface area contributed by atoms with E-state index in [0.717, 1.165) is 0 Å². The maximum absolute atomic E-state index is 10.1. The van der Waals surface area contributed by atoms with Crippen LogP contribution in [-0.2, 0) is 19.5 Å². The number of carbonyl (C=O) groups is 2. The molecule has 0 aliphatic carbocycles. The van der Waals surface area contributed by atoms with E-state index < -0.39 is 11.9 Å². The average Bonchev–Trinajstić information content (AvgIpc) is 2.41. The van der Waals surface area contributed by atoms with Crippen LogP contribution >= 0.6 is 0 Å². The van der Waals surface area contributed by atoms with Crippen LogP contribution in [0.3, 0.4) is 0 Å². The molecular weight excluding hydrogens is 298 g/mol. The Balaban J connectivity index is 0.000000324. The standard InChI is InChI=1S/2C7H6O2.Zn/c2*8-7(9)6-4-2-1-3-5-6;/h2*1-5H,(H,8,9);/q;;+2/p-2. The average molecular weight is 308 g/mol. The third kappa shape index (κ3) is 6.48. The molecule has 0 bridgehead atoms. The topological polar surface area (TPSA) is 80.3 Å². The van der Waals surface area contributed by atoms with Crippen LogP contribution in [0.25, 0.3) is 0 Å². The first-order valence-corrected chi connectivity index (χ1v) is 5.14. The van der Waals surface area contributed by atoms with Crippen molar-refractivity contribution < 1.29 is 39.3 Å². The van der Waals surface area contributed by atoms with Gasteiger partial charge >= 0.3 is 19.5 Å². The molecule has 0 fully saturated rings. The van der Waals surface area contributed by atoms with E-state index in [1.165, 1.54) is 24.3 Å². The molecule has 0 atom stereocenters. The molecule has 0 saturated carbocycles. The van der Waals surface area contributed by atoms with Crippen molar-refractivity contribution in [3.63, 3.8) is 0 Å². The van der Waals surface area contributed by atoms with Crippen LogP contribution in [0.1, 0.15) is 20.7 Å². The molecule has 2 rings (SSSR count). The minimum Gasteiger partial charge on any atom is -0.545 e. The zero-order chi connectivity index (χ0) is 13.4. The van der Waals surface area contributed by atoms with E-state index in [4.69, 9.17) is 0 Å². The monoisotopic (exact) mass is 306 g/mol. The Bertz CT molecular complexity index is 462. The van der Waals surface area contributed by atoms with E-state index in [1.54, 1.807) is 36.4 Å². The molecule has 2 aromatic rings. The van der Waals surface area contributed by atoms with Crippen molar-refractivity contribution in [2.24, 2.45) is 0 Å². The fraction of sp³-hybridized carbons (Fsp3) is 0. The van der Waals surface area contributed by atoms with Gasteiger partial charge in [0.2, 0.25) is 0 Å². The summed E-state index contributed by atoms with van der Waals surface area (Å²) in [6.45, 7) is 0. The van der Waals surface area contributed by atoms with Gasteiger partial charge in [0, 0.05) is 0 Å². The Hall–Kier alpha value is -2.00. The molecule has 19 heavy (non-hydrogen) atoms. The number of hydrogen-bond acceptors (Lipinski definition) is 4. The number of carbonyl (C=O) groups excluding carboxylic acids is 2. The zero-order valence-corrected chi connectivity index (χ0v) is 13.1. The molecular formula is C14H10O4Zn. The van der Waals surface area contributed by atoms with Gasteiger partial charge in [-0.15, -0.1) is 0 Å². The summed E-state index contributed by atoms with van der Waals surface area (Å²) in [6, 6.07) is 16.1. The molecule has 0 spiro atoms. The zero-order valence-electron chi connectivity index (χ0n) is 10.1. The van der Waals surface area contributed by atoms with Gasteiger partial charge in [0.1, 0.15) is 0 Å². The Kier molecular flexibility index (Phi) is 8.06. The molecule has 0 aliphatic heterocycles. The Morgan fingerprint density at radius 2 is 0.895 bits per heavy atom. The van der Waals surface area contributed by atoms with Crippen molar-refractivity contribution >= 4 is 11.9 Å².